The van der Waals surface area contributed by atoms with Gasteiger partial charge in [0.25, 0.3) is 0 Å². The Morgan fingerprint density at radius 3 is 2.58 bits per heavy atom. The molecule has 1 aromatic rings. The van der Waals surface area contributed by atoms with E-state index in [1.165, 1.54) is 11.1 Å². The van der Waals surface area contributed by atoms with Gasteiger partial charge in [-0.25, -0.2) is 0 Å². The number of rotatable bonds is 4. The first kappa shape index (κ1) is 14.0. The standard InChI is InChI=1S/C15H23N3O/c1-12-4-3-5-14(10-12)11-17-6-8-18(9-7-17)13(2)15(16)19/h3-5,10,13H,6-9,11H2,1-2H3,(H2,16,19)/t13-/m0/s1. The third kappa shape index (κ3) is 3.78. The van der Waals surface area contributed by atoms with Crippen molar-refractivity contribution in [1.82, 2.24) is 9.80 Å². The number of piperazine rings is 1. The maximum Gasteiger partial charge on any atom is 0.234 e. The zero-order valence-electron chi connectivity index (χ0n) is 11.8. The second kappa shape index (κ2) is 6.17. The highest BCUT2D eigenvalue weighted by molar-refractivity contribution is 5.79. The van der Waals surface area contributed by atoms with Crippen LogP contribution in [0.25, 0.3) is 0 Å². The summed E-state index contributed by atoms with van der Waals surface area (Å²) in [6.45, 7) is 8.80. The lowest BCUT2D eigenvalue weighted by Gasteiger charge is -2.37. The Kier molecular flexibility index (Phi) is 4.56. The Labute approximate surface area is 115 Å². The van der Waals surface area contributed by atoms with E-state index in [0.717, 1.165) is 32.7 Å². The lowest BCUT2D eigenvalue weighted by molar-refractivity contribution is -0.123. The molecule has 0 aromatic heterocycles. The third-order valence-corrected chi connectivity index (χ3v) is 3.86. The molecule has 0 spiro atoms. The Morgan fingerprint density at radius 1 is 1.32 bits per heavy atom. The molecule has 104 valence electrons. The molecule has 0 aliphatic carbocycles. The molecule has 1 saturated heterocycles. The van der Waals surface area contributed by atoms with Crippen molar-refractivity contribution in [2.75, 3.05) is 26.2 Å². The van der Waals surface area contributed by atoms with Crippen LogP contribution in [-0.2, 0) is 11.3 Å². The Balaban J connectivity index is 1.85. The van der Waals surface area contributed by atoms with E-state index in [-0.39, 0.29) is 11.9 Å². The summed E-state index contributed by atoms with van der Waals surface area (Å²) in [4.78, 5) is 15.8. The lowest BCUT2D eigenvalue weighted by Crippen LogP contribution is -2.52. The smallest absolute Gasteiger partial charge is 0.234 e. The van der Waals surface area contributed by atoms with Crippen LogP contribution in [0.4, 0.5) is 0 Å². The predicted octanol–water partition coefficient (Wildman–Crippen LogP) is 0.986. The highest BCUT2D eigenvalue weighted by Gasteiger charge is 2.23. The summed E-state index contributed by atoms with van der Waals surface area (Å²) >= 11 is 0. The number of hydrogen-bond donors (Lipinski definition) is 1. The van der Waals surface area contributed by atoms with E-state index < -0.39 is 0 Å². The predicted molar refractivity (Wildman–Crippen MR) is 76.7 cm³/mol. The van der Waals surface area contributed by atoms with Crippen molar-refractivity contribution in [2.24, 2.45) is 5.73 Å². The van der Waals surface area contributed by atoms with Gasteiger partial charge in [0.2, 0.25) is 5.91 Å². The summed E-state index contributed by atoms with van der Waals surface area (Å²) in [5.41, 5.74) is 8.01. The molecule has 1 atom stereocenters. The maximum atomic E-state index is 11.2. The summed E-state index contributed by atoms with van der Waals surface area (Å²) in [7, 11) is 0. The van der Waals surface area contributed by atoms with E-state index in [1.54, 1.807) is 0 Å². The highest BCUT2D eigenvalue weighted by atomic mass is 16.1. The highest BCUT2D eigenvalue weighted by Crippen LogP contribution is 2.11. The van der Waals surface area contributed by atoms with Crippen LogP contribution in [0.5, 0.6) is 0 Å². The topological polar surface area (TPSA) is 49.6 Å². The first-order valence-electron chi connectivity index (χ1n) is 6.87. The molecule has 4 heteroatoms. The molecule has 1 aliphatic rings. The molecule has 4 nitrogen and oxygen atoms in total. The van der Waals surface area contributed by atoms with Crippen molar-refractivity contribution in [1.29, 1.82) is 0 Å². The van der Waals surface area contributed by atoms with E-state index in [0.29, 0.717) is 0 Å². The van der Waals surface area contributed by atoms with Crippen LogP contribution in [0.1, 0.15) is 18.1 Å². The van der Waals surface area contributed by atoms with Crippen molar-refractivity contribution in [2.45, 2.75) is 26.4 Å². The number of nitrogens with zero attached hydrogens (tertiary/aromatic N) is 2. The average molecular weight is 261 g/mol. The van der Waals surface area contributed by atoms with Gasteiger partial charge in [-0.3, -0.25) is 14.6 Å². The maximum absolute atomic E-state index is 11.2. The quantitative estimate of drug-likeness (QED) is 0.879. The van der Waals surface area contributed by atoms with Crippen LogP contribution >= 0.6 is 0 Å². The van der Waals surface area contributed by atoms with Gasteiger partial charge in [-0.15, -0.1) is 0 Å². The normalized spacial score (nSPS) is 19.3. The van der Waals surface area contributed by atoms with Crippen LogP contribution in [0, 0.1) is 6.92 Å². The third-order valence-electron chi connectivity index (χ3n) is 3.86. The van der Waals surface area contributed by atoms with Gasteiger partial charge in [0.05, 0.1) is 6.04 Å². The number of aryl methyl sites for hydroxylation is 1. The van der Waals surface area contributed by atoms with E-state index in [9.17, 15) is 4.79 Å². The van der Waals surface area contributed by atoms with Crippen LogP contribution < -0.4 is 5.73 Å². The fourth-order valence-electron chi connectivity index (χ4n) is 2.56. The number of amides is 1. The Morgan fingerprint density at radius 2 is 2.00 bits per heavy atom. The minimum Gasteiger partial charge on any atom is -0.368 e. The van der Waals surface area contributed by atoms with Crippen LogP contribution in [0.2, 0.25) is 0 Å². The molecule has 0 saturated carbocycles. The zero-order chi connectivity index (χ0) is 13.8. The van der Waals surface area contributed by atoms with Crippen molar-refractivity contribution in [3.8, 4) is 0 Å². The number of carbonyl (C=O) groups is 1. The van der Waals surface area contributed by atoms with Gasteiger partial charge in [0.1, 0.15) is 0 Å². The molecule has 1 fully saturated rings. The molecule has 2 rings (SSSR count). The van der Waals surface area contributed by atoms with E-state index >= 15 is 0 Å². The number of carbonyl (C=O) groups excluding carboxylic acids is 1. The summed E-state index contributed by atoms with van der Waals surface area (Å²) < 4.78 is 0. The molecule has 1 aliphatic heterocycles. The molecule has 1 aromatic carbocycles. The second-order valence-corrected chi connectivity index (χ2v) is 5.38. The fraction of sp³-hybridized carbons (Fsp3) is 0.533. The van der Waals surface area contributed by atoms with Gasteiger partial charge in [-0.2, -0.15) is 0 Å². The van der Waals surface area contributed by atoms with Crippen molar-refractivity contribution < 1.29 is 4.79 Å². The number of primary amides is 1. The fourth-order valence-corrected chi connectivity index (χ4v) is 2.56. The number of nitrogens with two attached hydrogens (primary N) is 1. The summed E-state index contributed by atoms with van der Waals surface area (Å²) in [5, 5.41) is 0. The Hall–Kier alpha value is -1.39. The van der Waals surface area contributed by atoms with Gasteiger partial charge in [-0.1, -0.05) is 29.8 Å². The van der Waals surface area contributed by atoms with Crippen LogP contribution in [0.3, 0.4) is 0 Å². The monoisotopic (exact) mass is 261 g/mol. The van der Waals surface area contributed by atoms with E-state index in [4.69, 9.17) is 5.73 Å². The largest absolute Gasteiger partial charge is 0.368 e. The molecule has 0 unspecified atom stereocenters. The molecule has 1 heterocycles. The SMILES string of the molecule is Cc1cccc(CN2CCN([C@@H](C)C(N)=O)CC2)c1. The molecule has 0 radical (unpaired) electrons. The van der Waals surface area contributed by atoms with Crippen molar-refractivity contribution in [3.63, 3.8) is 0 Å². The van der Waals surface area contributed by atoms with Crippen molar-refractivity contribution in [3.05, 3.63) is 35.4 Å². The summed E-state index contributed by atoms with van der Waals surface area (Å²) in [6.07, 6.45) is 0. The minimum absolute atomic E-state index is 0.152. The zero-order valence-corrected chi connectivity index (χ0v) is 11.8. The molecular weight excluding hydrogens is 238 g/mol. The summed E-state index contributed by atoms with van der Waals surface area (Å²) in [6, 6.07) is 8.48. The Bertz CT molecular complexity index is 439. The van der Waals surface area contributed by atoms with Crippen LogP contribution in [-0.4, -0.2) is 47.9 Å². The first-order valence-corrected chi connectivity index (χ1v) is 6.87. The first-order chi connectivity index (χ1) is 9.06. The molecule has 1 amide bonds. The number of benzene rings is 1. The van der Waals surface area contributed by atoms with Gasteiger partial charge < -0.3 is 5.73 Å². The minimum atomic E-state index is -0.230. The van der Waals surface area contributed by atoms with Crippen LogP contribution in [0.15, 0.2) is 24.3 Å². The molecule has 2 N–H and O–H groups in total. The average Bonchev–Trinajstić information content (AvgIpc) is 2.39. The van der Waals surface area contributed by atoms with Crippen molar-refractivity contribution >= 4 is 5.91 Å². The van der Waals surface area contributed by atoms with Gasteiger partial charge in [0, 0.05) is 32.7 Å². The molecular formula is C15H23N3O. The lowest BCUT2D eigenvalue weighted by atomic mass is 10.1. The van der Waals surface area contributed by atoms with E-state index in [2.05, 4.69) is 41.0 Å². The van der Waals surface area contributed by atoms with Gasteiger partial charge in [0.15, 0.2) is 0 Å². The van der Waals surface area contributed by atoms with E-state index in [1.807, 2.05) is 6.92 Å². The summed E-state index contributed by atoms with van der Waals surface area (Å²) in [5.74, 6) is -0.230. The number of hydrogen-bond acceptors (Lipinski definition) is 3. The second-order valence-electron chi connectivity index (χ2n) is 5.38. The van der Waals surface area contributed by atoms with Gasteiger partial charge in [-0.05, 0) is 19.4 Å². The molecule has 0 bridgehead atoms. The molecule has 19 heavy (non-hydrogen) atoms. The van der Waals surface area contributed by atoms with Gasteiger partial charge >= 0.3 is 0 Å².